The Balaban J connectivity index is 1.77. The Morgan fingerprint density at radius 2 is 1.93 bits per heavy atom. The number of rotatable bonds is 6. The molecule has 4 heteroatoms. The summed E-state index contributed by atoms with van der Waals surface area (Å²) >= 11 is 0. The summed E-state index contributed by atoms with van der Waals surface area (Å²) in [6, 6.07) is 0. The van der Waals surface area contributed by atoms with E-state index in [2.05, 4.69) is 6.08 Å². The largest absolute Gasteiger partial charge is 0.458 e. The van der Waals surface area contributed by atoms with E-state index in [1.54, 1.807) is 12.2 Å². The molecule has 0 aromatic rings. The van der Waals surface area contributed by atoms with Gasteiger partial charge in [0.1, 0.15) is 6.10 Å². The molecule has 4 unspecified atom stereocenters. The molecule has 0 bridgehead atoms. The molecule has 2 fully saturated rings. The molecule has 0 amide bonds. The van der Waals surface area contributed by atoms with Gasteiger partial charge < -0.3 is 9.47 Å². The van der Waals surface area contributed by atoms with Crippen molar-refractivity contribution in [1.82, 2.24) is 0 Å². The average Bonchev–Trinajstić information content (AvgIpc) is 2.66. The van der Waals surface area contributed by atoms with Gasteiger partial charge in [-0.1, -0.05) is 42.6 Å². The standard InChI is InChI=1S/C24H34O4/c1-16(2)13-14-27-21-12-10-19-17(3)15-22(26)28-24(19)23(21)20(25)11-9-18-7-5-4-6-8-18/h9,11,13,15,18-19,21,23-24H,4-8,10,12,14H2,1-3H3/b11-9+. The van der Waals surface area contributed by atoms with Gasteiger partial charge in [-0.25, -0.2) is 4.79 Å². The molecule has 3 rings (SSSR count). The molecule has 2 saturated carbocycles. The molecule has 0 aromatic heterocycles. The van der Waals surface area contributed by atoms with Crippen LogP contribution in [0.5, 0.6) is 0 Å². The SMILES string of the molecule is CC(C)=CCOC1CCC2C(C)=CC(=O)OC2C1C(=O)/C=C/C1CCCCC1. The molecule has 0 N–H and O–H groups in total. The van der Waals surface area contributed by atoms with E-state index in [4.69, 9.17) is 9.47 Å². The van der Waals surface area contributed by atoms with Crippen LogP contribution in [0.15, 0.2) is 35.5 Å². The molecule has 3 aliphatic rings. The summed E-state index contributed by atoms with van der Waals surface area (Å²) < 4.78 is 11.8. The minimum absolute atomic E-state index is 0.0463. The fourth-order valence-corrected chi connectivity index (χ4v) is 4.79. The number of ether oxygens (including phenoxy) is 2. The van der Waals surface area contributed by atoms with Crippen LogP contribution in [0.3, 0.4) is 0 Å². The minimum atomic E-state index is -0.420. The topological polar surface area (TPSA) is 52.6 Å². The summed E-state index contributed by atoms with van der Waals surface area (Å²) in [4.78, 5) is 25.3. The predicted molar refractivity (Wildman–Crippen MR) is 110 cm³/mol. The van der Waals surface area contributed by atoms with Crippen molar-refractivity contribution < 1.29 is 19.1 Å². The van der Waals surface area contributed by atoms with Crippen LogP contribution in [-0.2, 0) is 19.1 Å². The van der Waals surface area contributed by atoms with E-state index in [9.17, 15) is 9.59 Å². The molecule has 1 heterocycles. The van der Waals surface area contributed by atoms with Crippen LogP contribution < -0.4 is 0 Å². The van der Waals surface area contributed by atoms with Gasteiger partial charge in [-0.05, 0) is 58.4 Å². The van der Waals surface area contributed by atoms with Gasteiger partial charge in [0.05, 0.1) is 18.6 Å². The van der Waals surface area contributed by atoms with Crippen LogP contribution in [-0.4, -0.2) is 30.6 Å². The van der Waals surface area contributed by atoms with Crippen LogP contribution in [0.2, 0.25) is 0 Å². The maximum atomic E-state index is 13.2. The van der Waals surface area contributed by atoms with Crippen molar-refractivity contribution >= 4 is 11.8 Å². The van der Waals surface area contributed by atoms with Crippen LogP contribution in [0.25, 0.3) is 0 Å². The summed E-state index contributed by atoms with van der Waals surface area (Å²) in [6.07, 6.45) is 14.6. The molecule has 4 atom stereocenters. The number of ketones is 1. The van der Waals surface area contributed by atoms with E-state index in [0.29, 0.717) is 12.5 Å². The van der Waals surface area contributed by atoms with E-state index in [1.165, 1.54) is 24.8 Å². The first-order valence-corrected chi connectivity index (χ1v) is 10.8. The Morgan fingerprint density at radius 1 is 1.18 bits per heavy atom. The predicted octanol–water partition coefficient (Wildman–Crippen LogP) is 4.94. The molecule has 4 nitrogen and oxygen atoms in total. The Hall–Kier alpha value is -1.68. The second-order valence-electron chi connectivity index (χ2n) is 8.81. The Morgan fingerprint density at radius 3 is 2.64 bits per heavy atom. The number of fused-ring (bicyclic) bond motifs is 1. The molecule has 2 aliphatic carbocycles. The normalized spacial score (nSPS) is 31.1. The molecular formula is C24H34O4. The van der Waals surface area contributed by atoms with E-state index in [-0.39, 0.29) is 23.8 Å². The zero-order valence-electron chi connectivity index (χ0n) is 17.5. The second-order valence-corrected chi connectivity index (χ2v) is 8.81. The lowest BCUT2D eigenvalue weighted by Gasteiger charge is -2.43. The highest BCUT2D eigenvalue weighted by atomic mass is 16.5. The van der Waals surface area contributed by atoms with Gasteiger partial charge in [0, 0.05) is 12.0 Å². The lowest BCUT2D eigenvalue weighted by atomic mass is 9.71. The van der Waals surface area contributed by atoms with Gasteiger partial charge in [0.25, 0.3) is 0 Å². The summed E-state index contributed by atoms with van der Waals surface area (Å²) in [5, 5.41) is 0. The fraction of sp³-hybridized carbons (Fsp3) is 0.667. The van der Waals surface area contributed by atoms with E-state index >= 15 is 0 Å². The van der Waals surface area contributed by atoms with Gasteiger partial charge in [-0.3, -0.25) is 4.79 Å². The van der Waals surface area contributed by atoms with Crippen molar-refractivity contribution in [3.05, 3.63) is 35.5 Å². The van der Waals surface area contributed by atoms with Crippen molar-refractivity contribution in [2.24, 2.45) is 17.8 Å². The lowest BCUT2D eigenvalue weighted by molar-refractivity contribution is -0.163. The highest BCUT2D eigenvalue weighted by molar-refractivity contribution is 5.93. The van der Waals surface area contributed by atoms with Gasteiger partial charge >= 0.3 is 5.97 Å². The summed E-state index contributed by atoms with van der Waals surface area (Å²) in [6.45, 7) is 6.53. The number of carbonyl (C=O) groups is 2. The van der Waals surface area contributed by atoms with Gasteiger partial charge in [-0.15, -0.1) is 0 Å². The lowest BCUT2D eigenvalue weighted by Crippen LogP contribution is -2.50. The zero-order valence-corrected chi connectivity index (χ0v) is 17.5. The molecule has 1 aliphatic heterocycles. The summed E-state index contributed by atoms with van der Waals surface area (Å²) in [5.74, 6) is -0.0878. The first kappa shape index (κ1) is 21.0. The molecule has 0 spiro atoms. The van der Waals surface area contributed by atoms with E-state index < -0.39 is 12.0 Å². The molecular weight excluding hydrogens is 352 g/mol. The summed E-state index contributed by atoms with van der Waals surface area (Å²) in [5.41, 5.74) is 2.22. The monoisotopic (exact) mass is 386 g/mol. The molecule has 0 saturated heterocycles. The third-order valence-corrected chi connectivity index (χ3v) is 6.41. The first-order valence-electron chi connectivity index (χ1n) is 10.8. The minimum Gasteiger partial charge on any atom is -0.458 e. The Bertz CT molecular complexity index is 662. The maximum Gasteiger partial charge on any atom is 0.331 e. The van der Waals surface area contributed by atoms with Crippen molar-refractivity contribution in [3.8, 4) is 0 Å². The Kier molecular flexibility index (Phi) is 7.28. The summed E-state index contributed by atoms with van der Waals surface area (Å²) in [7, 11) is 0. The smallest absolute Gasteiger partial charge is 0.331 e. The van der Waals surface area contributed by atoms with Crippen molar-refractivity contribution in [3.63, 3.8) is 0 Å². The highest BCUT2D eigenvalue weighted by Crippen LogP contribution is 2.40. The quantitative estimate of drug-likeness (QED) is 0.368. The van der Waals surface area contributed by atoms with Gasteiger partial charge in [0.15, 0.2) is 5.78 Å². The molecule has 0 aromatic carbocycles. The number of allylic oxidation sites excluding steroid dienone is 3. The van der Waals surface area contributed by atoms with Crippen LogP contribution in [0, 0.1) is 17.8 Å². The Labute approximate surface area is 169 Å². The van der Waals surface area contributed by atoms with Crippen LogP contribution >= 0.6 is 0 Å². The zero-order chi connectivity index (χ0) is 20.1. The number of hydrogen-bond donors (Lipinski definition) is 0. The van der Waals surface area contributed by atoms with Crippen LogP contribution in [0.4, 0.5) is 0 Å². The van der Waals surface area contributed by atoms with Gasteiger partial charge in [0.2, 0.25) is 0 Å². The first-order chi connectivity index (χ1) is 13.5. The second kappa shape index (κ2) is 9.69. The highest BCUT2D eigenvalue weighted by Gasteiger charge is 2.47. The fourth-order valence-electron chi connectivity index (χ4n) is 4.79. The number of hydrogen-bond acceptors (Lipinski definition) is 4. The van der Waals surface area contributed by atoms with Crippen molar-refractivity contribution in [1.29, 1.82) is 0 Å². The van der Waals surface area contributed by atoms with E-state index in [1.807, 2.05) is 26.8 Å². The average molecular weight is 387 g/mol. The molecule has 154 valence electrons. The van der Waals surface area contributed by atoms with Gasteiger partial charge in [-0.2, -0.15) is 0 Å². The van der Waals surface area contributed by atoms with Crippen LogP contribution in [0.1, 0.15) is 65.7 Å². The third-order valence-electron chi connectivity index (χ3n) is 6.41. The molecule has 28 heavy (non-hydrogen) atoms. The third kappa shape index (κ3) is 5.22. The van der Waals surface area contributed by atoms with E-state index in [0.717, 1.165) is 31.3 Å². The number of esters is 1. The van der Waals surface area contributed by atoms with Crippen molar-refractivity contribution in [2.75, 3.05) is 6.61 Å². The molecule has 0 radical (unpaired) electrons. The van der Waals surface area contributed by atoms with Crippen molar-refractivity contribution in [2.45, 2.75) is 77.9 Å². The number of carbonyl (C=O) groups excluding carboxylic acids is 2. The maximum absolute atomic E-state index is 13.2.